The number of ether oxygens (including phenoxy) is 2. The molecule has 1 heterocycles. The van der Waals surface area contributed by atoms with E-state index in [4.69, 9.17) is 9.47 Å². The third kappa shape index (κ3) is 1.94. The van der Waals surface area contributed by atoms with Crippen LogP contribution in [0.25, 0.3) is 0 Å². The number of methoxy groups -OCH3 is 2. The number of aromatic hydroxyl groups is 1. The van der Waals surface area contributed by atoms with E-state index in [0.29, 0.717) is 18.6 Å². The Morgan fingerprint density at radius 3 is 2.76 bits per heavy atom. The Bertz CT molecular complexity index is 733. The Morgan fingerprint density at radius 1 is 1.32 bits per heavy atom. The van der Waals surface area contributed by atoms with Crippen molar-refractivity contribution in [3.05, 3.63) is 23.3 Å². The van der Waals surface area contributed by atoms with Crippen LogP contribution in [0.4, 0.5) is 0 Å². The third-order valence-electron chi connectivity index (χ3n) is 7.11. The molecule has 0 spiro atoms. The van der Waals surface area contributed by atoms with Gasteiger partial charge in [0.15, 0.2) is 11.5 Å². The molecule has 5 nitrogen and oxygen atoms in total. The lowest BCUT2D eigenvalue weighted by Crippen LogP contribution is -2.74. The summed E-state index contributed by atoms with van der Waals surface area (Å²) >= 11 is 0. The van der Waals surface area contributed by atoms with Crippen LogP contribution < -0.4 is 4.74 Å². The smallest absolute Gasteiger partial charge is 0.161 e. The number of piperidine rings is 1. The predicted molar refractivity (Wildman–Crippen MR) is 94.2 cm³/mol. The van der Waals surface area contributed by atoms with Crippen LogP contribution in [-0.2, 0) is 21.4 Å². The van der Waals surface area contributed by atoms with E-state index in [2.05, 4.69) is 11.9 Å². The summed E-state index contributed by atoms with van der Waals surface area (Å²) in [5.74, 6) is 0.913. The number of likely N-dealkylation sites (tertiary alicyclic amines) is 1. The highest BCUT2D eigenvalue weighted by atomic mass is 16.5. The van der Waals surface area contributed by atoms with E-state index in [1.165, 1.54) is 0 Å². The standard InChI is InChI=1S/C20H27NO4/c1-12-10-20(25-4)16-9-13-5-6-15(24-3)18(23)17(13)19(20,11-14(12)22)7-8-21(16)2/h5-6,12,16,23H,7-11H2,1-4H3/t12?,16-,19-,20-/m1/s1. The zero-order valence-corrected chi connectivity index (χ0v) is 15.5. The molecule has 1 aromatic rings. The van der Waals surface area contributed by atoms with Crippen molar-refractivity contribution in [1.82, 2.24) is 4.90 Å². The largest absolute Gasteiger partial charge is 0.504 e. The monoisotopic (exact) mass is 345 g/mol. The molecule has 1 unspecified atom stereocenters. The van der Waals surface area contributed by atoms with Gasteiger partial charge in [0.2, 0.25) is 0 Å². The highest BCUT2D eigenvalue weighted by Crippen LogP contribution is 2.62. The Kier molecular flexibility index (Phi) is 3.68. The molecule has 25 heavy (non-hydrogen) atoms. The molecule has 5 heteroatoms. The minimum absolute atomic E-state index is 0.0172. The number of carbonyl (C=O) groups is 1. The minimum Gasteiger partial charge on any atom is -0.504 e. The molecule has 2 aliphatic carbocycles. The van der Waals surface area contributed by atoms with E-state index in [9.17, 15) is 9.90 Å². The fourth-order valence-corrected chi connectivity index (χ4v) is 5.87. The van der Waals surface area contributed by atoms with Gasteiger partial charge in [0, 0.05) is 36.5 Å². The van der Waals surface area contributed by atoms with Gasteiger partial charge in [-0.25, -0.2) is 0 Å². The minimum atomic E-state index is -0.477. The summed E-state index contributed by atoms with van der Waals surface area (Å²) in [5, 5.41) is 11.0. The maximum atomic E-state index is 12.8. The third-order valence-corrected chi connectivity index (χ3v) is 7.11. The summed E-state index contributed by atoms with van der Waals surface area (Å²) < 4.78 is 11.6. The lowest BCUT2D eigenvalue weighted by Gasteiger charge is -2.65. The second-order valence-electron chi connectivity index (χ2n) is 8.03. The number of phenolic OH excluding ortho intramolecular Hbond substituents is 1. The van der Waals surface area contributed by atoms with Crippen molar-refractivity contribution in [3.63, 3.8) is 0 Å². The fourth-order valence-electron chi connectivity index (χ4n) is 5.87. The Labute approximate surface area is 148 Å². The Hall–Kier alpha value is -1.59. The molecule has 136 valence electrons. The average Bonchev–Trinajstić information content (AvgIpc) is 2.59. The molecule has 1 saturated heterocycles. The van der Waals surface area contributed by atoms with Crippen LogP contribution in [0.5, 0.6) is 11.5 Å². The molecule has 0 aromatic heterocycles. The molecule has 1 N–H and O–H groups in total. The van der Waals surface area contributed by atoms with Crippen LogP contribution in [-0.4, -0.2) is 55.2 Å². The van der Waals surface area contributed by atoms with Gasteiger partial charge in [0.05, 0.1) is 12.7 Å². The highest BCUT2D eigenvalue weighted by Gasteiger charge is 2.67. The molecule has 4 rings (SSSR count). The van der Waals surface area contributed by atoms with E-state index in [1.807, 2.05) is 19.1 Å². The van der Waals surface area contributed by atoms with Crippen LogP contribution >= 0.6 is 0 Å². The fraction of sp³-hybridized carbons (Fsp3) is 0.650. The van der Waals surface area contributed by atoms with Crippen molar-refractivity contribution in [2.75, 3.05) is 27.8 Å². The van der Waals surface area contributed by atoms with E-state index in [-0.39, 0.29) is 23.5 Å². The van der Waals surface area contributed by atoms with Crippen molar-refractivity contribution in [2.45, 2.75) is 49.7 Å². The van der Waals surface area contributed by atoms with Gasteiger partial charge in [-0.05, 0) is 44.5 Å². The molecule has 1 saturated carbocycles. The normalized spacial score (nSPS) is 37.4. The number of fused-ring (bicyclic) bond motifs is 1. The zero-order valence-electron chi connectivity index (χ0n) is 15.5. The van der Waals surface area contributed by atoms with Crippen LogP contribution in [0.1, 0.15) is 37.3 Å². The van der Waals surface area contributed by atoms with E-state index in [0.717, 1.165) is 30.5 Å². The molecule has 2 fully saturated rings. The van der Waals surface area contributed by atoms with Gasteiger partial charge in [-0.15, -0.1) is 0 Å². The van der Waals surface area contributed by atoms with Crippen LogP contribution in [0.3, 0.4) is 0 Å². The van der Waals surface area contributed by atoms with Crippen molar-refractivity contribution in [2.24, 2.45) is 5.92 Å². The quantitative estimate of drug-likeness (QED) is 0.891. The van der Waals surface area contributed by atoms with E-state index >= 15 is 0 Å². The number of benzene rings is 1. The van der Waals surface area contributed by atoms with Gasteiger partial charge in [0.1, 0.15) is 5.78 Å². The molecule has 3 aliphatic rings. The van der Waals surface area contributed by atoms with Crippen molar-refractivity contribution >= 4 is 5.78 Å². The second-order valence-corrected chi connectivity index (χ2v) is 8.03. The van der Waals surface area contributed by atoms with Crippen molar-refractivity contribution in [3.8, 4) is 11.5 Å². The molecule has 1 aromatic carbocycles. The van der Waals surface area contributed by atoms with Crippen molar-refractivity contribution < 1.29 is 19.4 Å². The first-order chi connectivity index (χ1) is 11.9. The van der Waals surface area contributed by atoms with Gasteiger partial charge in [0.25, 0.3) is 0 Å². The number of likely N-dealkylation sites (N-methyl/N-ethyl adjacent to an activating group) is 1. The summed E-state index contributed by atoms with van der Waals surface area (Å²) in [6.45, 7) is 2.90. The molecule has 0 radical (unpaired) electrons. The SMILES string of the molecule is COc1ccc2c(c1O)[C@]13CCN(C)[C@H](C2)[C@]1(OC)CC(C)C(=O)C3. The topological polar surface area (TPSA) is 59.0 Å². The predicted octanol–water partition coefficient (Wildman–Crippen LogP) is 2.28. The molecule has 1 aliphatic heterocycles. The van der Waals surface area contributed by atoms with Crippen molar-refractivity contribution in [1.29, 1.82) is 0 Å². The summed E-state index contributed by atoms with van der Waals surface area (Å²) in [4.78, 5) is 15.1. The summed E-state index contributed by atoms with van der Waals surface area (Å²) in [6.07, 6.45) is 2.76. The summed E-state index contributed by atoms with van der Waals surface area (Å²) in [6, 6.07) is 4.08. The molecule has 4 atom stereocenters. The van der Waals surface area contributed by atoms with Gasteiger partial charge in [-0.3, -0.25) is 4.79 Å². The number of carbonyl (C=O) groups excluding carboxylic acids is 1. The maximum Gasteiger partial charge on any atom is 0.161 e. The zero-order chi connectivity index (χ0) is 18.0. The molecule has 2 bridgehead atoms. The van der Waals surface area contributed by atoms with Gasteiger partial charge in [-0.2, -0.15) is 0 Å². The highest BCUT2D eigenvalue weighted by molar-refractivity contribution is 5.85. The van der Waals surface area contributed by atoms with Crippen LogP contribution in [0, 0.1) is 5.92 Å². The number of rotatable bonds is 2. The lowest BCUT2D eigenvalue weighted by molar-refractivity contribution is -0.191. The summed E-state index contributed by atoms with van der Waals surface area (Å²) in [7, 11) is 5.48. The number of ketones is 1. The number of hydrogen-bond donors (Lipinski definition) is 1. The van der Waals surface area contributed by atoms with E-state index in [1.54, 1.807) is 14.2 Å². The molecular weight excluding hydrogens is 318 g/mol. The Balaban J connectivity index is 2.03. The molecular formula is C20H27NO4. The summed E-state index contributed by atoms with van der Waals surface area (Å²) in [5.41, 5.74) is 1.07. The van der Waals surface area contributed by atoms with Gasteiger partial charge < -0.3 is 19.5 Å². The van der Waals surface area contributed by atoms with Crippen LogP contribution in [0.2, 0.25) is 0 Å². The Morgan fingerprint density at radius 2 is 2.08 bits per heavy atom. The number of nitrogens with zero attached hydrogens (tertiary/aromatic N) is 1. The number of Topliss-reactive ketones (excluding diaryl/α,β-unsaturated/α-hetero) is 1. The first-order valence-electron chi connectivity index (χ1n) is 9.07. The average molecular weight is 345 g/mol. The van der Waals surface area contributed by atoms with Gasteiger partial charge >= 0.3 is 0 Å². The molecule has 0 amide bonds. The van der Waals surface area contributed by atoms with E-state index < -0.39 is 11.0 Å². The lowest BCUT2D eigenvalue weighted by atomic mass is 9.47. The maximum absolute atomic E-state index is 12.8. The van der Waals surface area contributed by atoms with Gasteiger partial charge in [-0.1, -0.05) is 13.0 Å². The second kappa shape index (κ2) is 5.45. The number of hydrogen-bond acceptors (Lipinski definition) is 5. The van der Waals surface area contributed by atoms with Crippen LogP contribution in [0.15, 0.2) is 12.1 Å². The first kappa shape index (κ1) is 16.9. The number of phenols is 1. The first-order valence-corrected chi connectivity index (χ1v) is 9.07.